The average Bonchev–Trinajstić information content (AvgIpc) is 2.98. The van der Waals surface area contributed by atoms with Gasteiger partial charge in [-0.3, -0.25) is 0 Å². The summed E-state index contributed by atoms with van der Waals surface area (Å²) >= 11 is 13.3. The summed E-state index contributed by atoms with van der Waals surface area (Å²) in [5, 5.41) is 3.80. The maximum atomic E-state index is 6.70. The maximum absolute atomic E-state index is 6.70. The molecule has 3 rings (SSSR count). The Morgan fingerprint density at radius 2 is 1.59 bits per heavy atom. The van der Waals surface area contributed by atoms with Crippen molar-refractivity contribution in [2.45, 2.75) is 58.8 Å². The molecule has 1 aliphatic rings. The van der Waals surface area contributed by atoms with Crippen LogP contribution in [0.4, 0.5) is 5.69 Å². The number of rotatable bonds is 9. The zero-order valence-electron chi connectivity index (χ0n) is 16.5. The van der Waals surface area contributed by atoms with E-state index in [1.54, 1.807) is 0 Å². The van der Waals surface area contributed by atoms with Crippen LogP contribution in [0.25, 0.3) is 10.8 Å². The molecule has 0 fully saturated rings. The first kappa shape index (κ1) is 20.4. The lowest BCUT2D eigenvalue weighted by atomic mass is 10.0. The van der Waals surface area contributed by atoms with Crippen molar-refractivity contribution < 1.29 is 0 Å². The zero-order valence-corrected chi connectivity index (χ0v) is 18.0. The van der Waals surface area contributed by atoms with E-state index in [0.717, 1.165) is 26.1 Å². The van der Waals surface area contributed by atoms with E-state index in [9.17, 15) is 0 Å². The van der Waals surface area contributed by atoms with Gasteiger partial charge in [-0.05, 0) is 23.8 Å². The van der Waals surface area contributed by atoms with E-state index in [0.29, 0.717) is 10.3 Å². The van der Waals surface area contributed by atoms with Gasteiger partial charge in [0.1, 0.15) is 10.3 Å². The van der Waals surface area contributed by atoms with Gasteiger partial charge < -0.3 is 9.80 Å². The maximum Gasteiger partial charge on any atom is 0.146 e. The van der Waals surface area contributed by atoms with Gasteiger partial charge in [0.05, 0.1) is 12.4 Å². The summed E-state index contributed by atoms with van der Waals surface area (Å²) in [7, 11) is 0. The molecule has 27 heavy (non-hydrogen) atoms. The SMILES string of the molecule is CCCCCCCCN1CN(c2c(CC)ccc3ccccc23)C(Cl)=C1Cl. The molecule has 0 unspecified atom stereocenters. The van der Waals surface area contributed by atoms with Crippen molar-refractivity contribution >= 4 is 39.7 Å². The topological polar surface area (TPSA) is 6.48 Å². The van der Waals surface area contributed by atoms with E-state index in [1.165, 1.54) is 54.1 Å². The number of nitrogens with zero attached hydrogens (tertiary/aromatic N) is 2. The zero-order chi connectivity index (χ0) is 19.2. The van der Waals surface area contributed by atoms with Crippen LogP contribution in [0, 0.1) is 0 Å². The Labute approximate surface area is 173 Å². The minimum absolute atomic E-state index is 0.647. The number of benzene rings is 2. The third kappa shape index (κ3) is 4.55. The van der Waals surface area contributed by atoms with Crippen LogP contribution in [0.1, 0.15) is 57.9 Å². The summed E-state index contributed by atoms with van der Waals surface area (Å²) in [6.45, 7) is 6.14. The highest BCUT2D eigenvalue weighted by Gasteiger charge is 2.29. The third-order valence-corrected chi connectivity index (χ3v) is 6.31. The molecule has 0 spiro atoms. The van der Waals surface area contributed by atoms with E-state index >= 15 is 0 Å². The molecule has 0 aromatic heterocycles. The van der Waals surface area contributed by atoms with Crippen LogP contribution in [0.15, 0.2) is 46.7 Å². The van der Waals surface area contributed by atoms with Crippen molar-refractivity contribution in [2.24, 2.45) is 0 Å². The molecule has 0 radical (unpaired) electrons. The molecule has 0 atom stereocenters. The second-order valence-electron chi connectivity index (χ2n) is 7.33. The monoisotopic (exact) mass is 404 g/mol. The number of unbranched alkanes of at least 4 members (excludes halogenated alkanes) is 5. The summed E-state index contributed by atoms with van der Waals surface area (Å²) < 4.78 is 0. The molecule has 0 amide bonds. The lowest BCUT2D eigenvalue weighted by Crippen LogP contribution is -2.28. The second-order valence-corrected chi connectivity index (χ2v) is 8.05. The first-order chi connectivity index (χ1) is 13.2. The first-order valence-electron chi connectivity index (χ1n) is 10.3. The standard InChI is InChI=1S/C23H30Cl2N2/c1-3-5-6-7-8-11-16-26-17-27(23(25)22(26)24)21-18(4-2)14-15-19-12-9-10-13-20(19)21/h9-10,12-15H,3-8,11,16-17H2,1-2H3. The minimum Gasteiger partial charge on any atom is -0.342 e. The van der Waals surface area contributed by atoms with Crippen LogP contribution < -0.4 is 4.90 Å². The Kier molecular flexibility index (Phi) is 7.32. The molecule has 0 N–H and O–H groups in total. The van der Waals surface area contributed by atoms with Gasteiger partial charge in [-0.15, -0.1) is 0 Å². The lowest BCUT2D eigenvalue weighted by Gasteiger charge is -2.26. The quantitative estimate of drug-likeness (QED) is 0.316. The average molecular weight is 405 g/mol. The van der Waals surface area contributed by atoms with Crippen LogP contribution in [-0.2, 0) is 6.42 Å². The van der Waals surface area contributed by atoms with Crippen LogP contribution in [-0.4, -0.2) is 18.1 Å². The summed E-state index contributed by atoms with van der Waals surface area (Å²) in [6.07, 6.45) is 8.66. The van der Waals surface area contributed by atoms with Gasteiger partial charge in [0, 0.05) is 11.9 Å². The van der Waals surface area contributed by atoms with E-state index in [4.69, 9.17) is 23.2 Å². The van der Waals surface area contributed by atoms with Gasteiger partial charge in [-0.2, -0.15) is 0 Å². The second kappa shape index (κ2) is 9.71. The highest BCUT2D eigenvalue weighted by molar-refractivity contribution is 6.40. The highest BCUT2D eigenvalue weighted by atomic mass is 35.5. The smallest absolute Gasteiger partial charge is 0.146 e. The van der Waals surface area contributed by atoms with Crippen molar-refractivity contribution in [3.05, 3.63) is 52.3 Å². The Morgan fingerprint density at radius 3 is 2.37 bits per heavy atom. The van der Waals surface area contributed by atoms with Gasteiger partial charge in [-0.1, -0.05) is 106 Å². The lowest BCUT2D eigenvalue weighted by molar-refractivity contribution is 0.379. The van der Waals surface area contributed by atoms with Gasteiger partial charge in [-0.25, -0.2) is 0 Å². The van der Waals surface area contributed by atoms with Crippen LogP contribution in [0.2, 0.25) is 0 Å². The summed E-state index contributed by atoms with van der Waals surface area (Å²) in [6, 6.07) is 12.9. The molecule has 146 valence electrons. The normalized spacial score (nSPS) is 14.7. The molecule has 0 bridgehead atoms. The number of aryl methyl sites for hydroxylation is 1. The van der Waals surface area contributed by atoms with Crippen LogP contribution >= 0.6 is 23.2 Å². The molecular weight excluding hydrogens is 375 g/mol. The van der Waals surface area contributed by atoms with Gasteiger partial charge in [0.2, 0.25) is 0 Å². The summed E-state index contributed by atoms with van der Waals surface area (Å²) in [4.78, 5) is 4.40. The third-order valence-electron chi connectivity index (χ3n) is 5.41. The fourth-order valence-corrected chi connectivity index (χ4v) is 4.36. The summed E-state index contributed by atoms with van der Waals surface area (Å²) in [5.41, 5.74) is 2.50. The van der Waals surface area contributed by atoms with Crippen molar-refractivity contribution in [3.8, 4) is 0 Å². The fourth-order valence-electron chi connectivity index (χ4n) is 3.86. The number of anilines is 1. The van der Waals surface area contributed by atoms with Crippen molar-refractivity contribution in [1.82, 2.24) is 4.90 Å². The fraction of sp³-hybridized carbons (Fsp3) is 0.478. The number of hydrogen-bond acceptors (Lipinski definition) is 2. The van der Waals surface area contributed by atoms with Crippen molar-refractivity contribution in [2.75, 3.05) is 18.1 Å². The molecule has 4 heteroatoms. The van der Waals surface area contributed by atoms with Gasteiger partial charge >= 0.3 is 0 Å². The molecule has 1 heterocycles. The molecule has 0 saturated carbocycles. The predicted molar refractivity (Wildman–Crippen MR) is 119 cm³/mol. The molecule has 0 aliphatic carbocycles. The number of hydrogen-bond donors (Lipinski definition) is 0. The molecule has 0 saturated heterocycles. The largest absolute Gasteiger partial charge is 0.342 e. The highest BCUT2D eigenvalue weighted by Crippen LogP contribution is 2.40. The van der Waals surface area contributed by atoms with Crippen LogP contribution in [0.5, 0.6) is 0 Å². The predicted octanol–water partition coefficient (Wildman–Crippen LogP) is 7.45. The molecule has 2 nitrogen and oxygen atoms in total. The van der Waals surface area contributed by atoms with Gasteiger partial charge in [0.15, 0.2) is 0 Å². The Hall–Kier alpha value is -1.38. The molecule has 2 aromatic carbocycles. The van der Waals surface area contributed by atoms with E-state index in [-0.39, 0.29) is 0 Å². The van der Waals surface area contributed by atoms with E-state index in [1.807, 2.05) is 0 Å². The van der Waals surface area contributed by atoms with Crippen molar-refractivity contribution in [3.63, 3.8) is 0 Å². The molecular formula is C23H30Cl2N2. The Balaban J connectivity index is 1.76. The van der Waals surface area contributed by atoms with Gasteiger partial charge in [0.25, 0.3) is 0 Å². The van der Waals surface area contributed by atoms with Crippen molar-refractivity contribution in [1.29, 1.82) is 0 Å². The number of halogens is 2. The Bertz CT molecular complexity index is 800. The summed E-state index contributed by atoms with van der Waals surface area (Å²) in [5.74, 6) is 0. The minimum atomic E-state index is 0.647. The molecule has 2 aromatic rings. The van der Waals surface area contributed by atoms with E-state index in [2.05, 4.69) is 60.0 Å². The van der Waals surface area contributed by atoms with E-state index < -0.39 is 0 Å². The van der Waals surface area contributed by atoms with Crippen LogP contribution in [0.3, 0.4) is 0 Å². The first-order valence-corrected chi connectivity index (χ1v) is 11.0. The Morgan fingerprint density at radius 1 is 0.852 bits per heavy atom. The number of fused-ring (bicyclic) bond motifs is 1. The molecule has 1 aliphatic heterocycles.